The molecule has 0 saturated carbocycles. The molecule has 28 heavy (non-hydrogen) atoms. The van der Waals surface area contributed by atoms with E-state index in [4.69, 9.17) is 21.7 Å². The molecule has 148 valence electrons. The Morgan fingerprint density at radius 2 is 1.75 bits per heavy atom. The zero-order chi connectivity index (χ0) is 20.7. The molecular weight excluding hydrogens is 378 g/mol. The number of amides is 2. The van der Waals surface area contributed by atoms with Crippen LogP contribution in [0.4, 0.5) is 0 Å². The Labute approximate surface area is 169 Å². The number of hydrogen-bond acceptors (Lipinski definition) is 5. The number of hydrazine groups is 1. The molecule has 0 aliphatic carbocycles. The number of ether oxygens (including phenoxy) is 2. The highest BCUT2D eigenvalue weighted by molar-refractivity contribution is 7.80. The van der Waals surface area contributed by atoms with Gasteiger partial charge in [0, 0.05) is 0 Å². The molecule has 2 rings (SSSR count). The number of carbonyl (C=O) groups is 2. The third-order valence-electron chi connectivity index (χ3n) is 4.04. The minimum atomic E-state index is -0.762. The van der Waals surface area contributed by atoms with Crippen LogP contribution < -0.4 is 25.6 Å². The standard InChI is InChI=1S/C20H23N3O4S/c1-12-9-10-15(11-13(12)2)27-14(3)18(24)22-23-20(28)21-19(25)16-7-5-6-8-17(16)26-4/h5-11,14H,1-4H3,(H,22,24)(H2,21,23,25,28). The van der Waals surface area contributed by atoms with Crippen molar-refractivity contribution < 1.29 is 19.1 Å². The first-order valence-corrected chi connectivity index (χ1v) is 9.00. The van der Waals surface area contributed by atoms with Gasteiger partial charge in [-0.15, -0.1) is 0 Å². The highest BCUT2D eigenvalue weighted by Gasteiger charge is 2.16. The molecule has 0 saturated heterocycles. The van der Waals surface area contributed by atoms with Crippen molar-refractivity contribution in [2.45, 2.75) is 26.9 Å². The van der Waals surface area contributed by atoms with Crippen LogP contribution in [0.3, 0.4) is 0 Å². The maximum atomic E-state index is 12.3. The Kier molecular flexibility index (Phi) is 7.34. The second-order valence-corrected chi connectivity index (χ2v) is 6.51. The molecule has 2 aromatic rings. The molecule has 0 radical (unpaired) electrons. The lowest BCUT2D eigenvalue weighted by atomic mass is 10.1. The van der Waals surface area contributed by atoms with Crippen molar-refractivity contribution >= 4 is 29.1 Å². The lowest BCUT2D eigenvalue weighted by Gasteiger charge is -2.17. The van der Waals surface area contributed by atoms with Crippen LogP contribution in [-0.4, -0.2) is 30.1 Å². The van der Waals surface area contributed by atoms with E-state index in [-0.39, 0.29) is 5.11 Å². The number of thiocarbonyl (C=S) groups is 1. The van der Waals surface area contributed by atoms with Gasteiger partial charge in [-0.05, 0) is 68.4 Å². The molecule has 8 heteroatoms. The van der Waals surface area contributed by atoms with Crippen molar-refractivity contribution in [3.05, 3.63) is 59.2 Å². The van der Waals surface area contributed by atoms with Gasteiger partial charge in [0.2, 0.25) is 0 Å². The third-order valence-corrected chi connectivity index (χ3v) is 4.24. The summed E-state index contributed by atoms with van der Waals surface area (Å²) in [5, 5.41) is 2.42. The Morgan fingerprint density at radius 3 is 2.43 bits per heavy atom. The van der Waals surface area contributed by atoms with E-state index in [1.54, 1.807) is 37.3 Å². The van der Waals surface area contributed by atoms with Gasteiger partial charge >= 0.3 is 0 Å². The molecule has 3 N–H and O–H groups in total. The molecule has 0 aromatic heterocycles. The van der Waals surface area contributed by atoms with Gasteiger partial charge in [-0.1, -0.05) is 18.2 Å². The maximum absolute atomic E-state index is 12.3. The van der Waals surface area contributed by atoms with Crippen molar-refractivity contribution in [3.63, 3.8) is 0 Å². The summed E-state index contributed by atoms with van der Waals surface area (Å²) in [6.45, 7) is 5.58. The molecule has 0 aliphatic rings. The van der Waals surface area contributed by atoms with Crippen LogP contribution in [0, 0.1) is 13.8 Å². The number of hydrogen-bond donors (Lipinski definition) is 3. The van der Waals surface area contributed by atoms with Gasteiger partial charge < -0.3 is 9.47 Å². The molecule has 2 aromatic carbocycles. The summed E-state index contributed by atoms with van der Waals surface area (Å²) in [7, 11) is 1.47. The molecule has 2 amide bonds. The number of methoxy groups -OCH3 is 1. The molecule has 0 bridgehead atoms. The Morgan fingerprint density at radius 1 is 1.04 bits per heavy atom. The normalized spacial score (nSPS) is 11.1. The zero-order valence-electron chi connectivity index (χ0n) is 16.2. The van der Waals surface area contributed by atoms with Gasteiger partial charge in [0.1, 0.15) is 11.5 Å². The van der Waals surface area contributed by atoms with Gasteiger partial charge in [-0.2, -0.15) is 0 Å². The average Bonchev–Trinajstić information content (AvgIpc) is 2.68. The van der Waals surface area contributed by atoms with E-state index in [0.717, 1.165) is 11.1 Å². The lowest BCUT2D eigenvalue weighted by Crippen LogP contribution is -2.51. The number of rotatable bonds is 5. The fraction of sp³-hybridized carbons (Fsp3) is 0.250. The molecule has 0 aliphatic heterocycles. The van der Waals surface area contributed by atoms with Crippen molar-refractivity contribution in [3.8, 4) is 11.5 Å². The van der Waals surface area contributed by atoms with E-state index in [9.17, 15) is 9.59 Å². The summed E-state index contributed by atoms with van der Waals surface area (Å²) in [5.41, 5.74) is 7.44. The fourth-order valence-corrected chi connectivity index (χ4v) is 2.44. The Bertz CT molecular complexity index is 886. The predicted molar refractivity (Wildman–Crippen MR) is 110 cm³/mol. The van der Waals surface area contributed by atoms with Crippen LogP contribution >= 0.6 is 12.2 Å². The van der Waals surface area contributed by atoms with E-state index in [2.05, 4.69) is 16.2 Å². The fourth-order valence-electron chi connectivity index (χ4n) is 2.30. The van der Waals surface area contributed by atoms with Gasteiger partial charge in [0.15, 0.2) is 11.2 Å². The van der Waals surface area contributed by atoms with Crippen LogP contribution in [0.15, 0.2) is 42.5 Å². The highest BCUT2D eigenvalue weighted by atomic mass is 32.1. The number of benzene rings is 2. The van der Waals surface area contributed by atoms with Crippen LogP contribution in [0.5, 0.6) is 11.5 Å². The Hall–Kier alpha value is -3.13. The first kappa shape index (κ1) is 21.2. The molecule has 1 unspecified atom stereocenters. The third kappa shape index (κ3) is 5.68. The second kappa shape index (κ2) is 9.70. The topological polar surface area (TPSA) is 88.7 Å². The number of aryl methyl sites for hydroxylation is 2. The number of carbonyl (C=O) groups excluding carboxylic acids is 2. The lowest BCUT2D eigenvalue weighted by molar-refractivity contribution is -0.127. The first-order valence-electron chi connectivity index (χ1n) is 8.60. The molecular formula is C20H23N3O4S. The summed E-state index contributed by atoms with van der Waals surface area (Å²) in [6.07, 6.45) is -0.762. The SMILES string of the molecule is COc1ccccc1C(=O)NC(=S)NNC(=O)C(C)Oc1ccc(C)c(C)c1. The molecule has 1 atom stereocenters. The van der Waals surface area contributed by atoms with Gasteiger partial charge in [-0.3, -0.25) is 25.8 Å². The van der Waals surface area contributed by atoms with Gasteiger partial charge in [0.05, 0.1) is 12.7 Å². The largest absolute Gasteiger partial charge is 0.496 e. The van der Waals surface area contributed by atoms with E-state index in [0.29, 0.717) is 17.1 Å². The summed E-state index contributed by atoms with van der Waals surface area (Å²) in [5.74, 6) is 0.121. The van der Waals surface area contributed by atoms with Crippen LogP contribution in [0.25, 0.3) is 0 Å². The van der Waals surface area contributed by atoms with Crippen molar-refractivity contribution in [2.24, 2.45) is 0 Å². The molecule has 7 nitrogen and oxygen atoms in total. The minimum Gasteiger partial charge on any atom is -0.496 e. The molecule has 0 fully saturated rings. The van der Waals surface area contributed by atoms with Crippen molar-refractivity contribution in [1.29, 1.82) is 0 Å². The summed E-state index contributed by atoms with van der Waals surface area (Å²) < 4.78 is 10.8. The number of para-hydroxylation sites is 1. The van der Waals surface area contributed by atoms with Crippen LogP contribution in [0.2, 0.25) is 0 Å². The highest BCUT2D eigenvalue weighted by Crippen LogP contribution is 2.18. The van der Waals surface area contributed by atoms with E-state index in [1.807, 2.05) is 26.0 Å². The van der Waals surface area contributed by atoms with Gasteiger partial charge in [0.25, 0.3) is 11.8 Å². The maximum Gasteiger partial charge on any atom is 0.279 e. The van der Waals surface area contributed by atoms with E-state index >= 15 is 0 Å². The quantitative estimate of drug-likeness (QED) is 0.527. The monoisotopic (exact) mass is 401 g/mol. The number of nitrogens with one attached hydrogen (secondary N) is 3. The van der Waals surface area contributed by atoms with Crippen molar-refractivity contribution in [2.75, 3.05) is 7.11 Å². The van der Waals surface area contributed by atoms with E-state index in [1.165, 1.54) is 7.11 Å². The average molecular weight is 401 g/mol. The summed E-state index contributed by atoms with van der Waals surface area (Å²) in [6, 6.07) is 12.3. The van der Waals surface area contributed by atoms with Crippen LogP contribution in [-0.2, 0) is 4.79 Å². The zero-order valence-corrected chi connectivity index (χ0v) is 17.0. The predicted octanol–water partition coefficient (Wildman–Crippen LogP) is 2.42. The second-order valence-electron chi connectivity index (χ2n) is 6.10. The van der Waals surface area contributed by atoms with Crippen molar-refractivity contribution in [1.82, 2.24) is 16.2 Å². The van der Waals surface area contributed by atoms with Crippen LogP contribution in [0.1, 0.15) is 28.4 Å². The molecule has 0 spiro atoms. The smallest absolute Gasteiger partial charge is 0.279 e. The van der Waals surface area contributed by atoms with Gasteiger partial charge in [-0.25, -0.2) is 0 Å². The van der Waals surface area contributed by atoms with E-state index < -0.39 is 17.9 Å². The first-order chi connectivity index (χ1) is 13.3. The minimum absolute atomic E-state index is 0.0531. The summed E-state index contributed by atoms with van der Waals surface area (Å²) >= 11 is 5.04. The Balaban J connectivity index is 1.85. The summed E-state index contributed by atoms with van der Waals surface area (Å²) in [4.78, 5) is 24.4. The molecule has 0 heterocycles.